The summed E-state index contributed by atoms with van der Waals surface area (Å²) in [5, 5.41) is 32.4. The van der Waals surface area contributed by atoms with E-state index in [0.29, 0.717) is 19.4 Å². The lowest BCUT2D eigenvalue weighted by atomic mass is 9.97. The molecule has 0 aliphatic carbocycles. The number of hydrogen-bond donors (Lipinski definition) is 7. The second-order valence-electron chi connectivity index (χ2n) is 6.03. The van der Waals surface area contributed by atoms with Gasteiger partial charge in [-0.2, -0.15) is 0 Å². The predicted molar refractivity (Wildman–Crippen MR) is 78.7 cm³/mol. The van der Waals surface area contributed by atoms with Crippen molar-refractivity contribution in [2.45, 2.75) is 61.7 Å². The van der Waals surface area contributed by atoms with Crippen LogP contribution in [0.4, 0.5) is 0 Å². The Balaban J connectivity index is 2.03. The Labute approximate surface area is 129 Å². The van der Waals surface area contributed by atoms with Crippen LogP contribution in [0.25, 0.3) is 0 Å². The molecule has 0 unspecified atom stereocenters. The highest BCUT2D eigenvalue weighted by Gasteiger charge is 2.44. The molecular weight excluding hydrogens is 292 g/mol. The number of aliphatic hydroxyl groups excluding tert-OH is 3. The van der Waals surface area contributed by atoms with Crippen LogP contribution in [0, 0.1) is 0 Å². The van der Waals surface area contributed by atoms with E-state index in [1.54, 1.807) is 0 Å². The van der Waals surface area contributed by atoms with Crippen LogP contribution in [0.3, 0.4) is 0 Å². The minimum absolute atomic E-state index is 0.0169. The zero-order valence-electron chi connectivity index (χ0n) is 12.5. The Kier molecular flexibility index (Phi) is 6.50. The van der Waals surface area contributed by atoms with Gasteiger partial charge in [0.1, 0.15) is 18.3 Å². The van der Waals surface area contributed by atoms with Gasteiger partial charge in [-0.1, -0.05) is 0 Å². The molecule has 0 aromatic heterocycles. The van der Waals surface area contributed by atoms with Crippen molar-refractivity contribution in [3.63, 3.8) is 0 Å². The van der Waals surface area contributed by atoms with E-state index in [1.165, 1.54) is 0 Å². The minimum atomic E-state index is -1.18. The Bertz CT molecular complexity index is 348. The zero-order valence-corrected chi connectivity index (χ0v) is 12.5. The maximum atomic E-state index is 9.99. The second-order valence-corrected chi connectivity index (χ2v) is 6.03. The smallest absolute Gasteiger partial charge is 0.176 e. The summed E-state index contributed by atoms with van der Waals surface area (Å²) in [6, 6.07) is -1.24. The normalized spacial score (nSPS) is 47.2. The fourth-order valence-electron chi connectivity index (χ4n) is 2.92. The van der Waals surface area contributed by atoms with Gasteiger partial charge in [0.2, 0.25) is 0 Å². The number of nitrogens with two attached hydrogens (primary N) is 3. The van der Waals surface area contributed by atoms with Gasteiger partial charge in [0, 0.05) is 18.6 Å². The van der Waals surface area contributed by atoms with Gasteiger partial charge in [-0.05, 0) is 19.4 Å². The van der Waals surface area contributed by atoms with Gasteiger partial charge >= 0.3 is 0 Å². The molecule has 130 valence electrons. The highest BCUT2D eigenvalue weighted by atomic mass is 16.7. The lowest BCUT2D eigenvalue weighted by Crippen LogP contribution is -2.64. The summed E-state index contributed by atoms with van der Waals surface area (Å²) in [6.45, 7) is 0.718. The summed E-state index contributed by atoms with van der Waals surface area (Å²) < 4.78 is 11.4. The first-order valence-corrected chi connectivity index (χ1v) is 7.70. The molecule has 0 amide bonds. The number of hydrogen-bond acceptors (Lipinski definition) is 9. The lowest BCUT2D eigenvalue weighted by Gasteiger charge is -2.42. The maximum absolute atomic E-state index is 9.99. The third-order valence-corrected chi connectivity index (χ3v) is 4.42. The van der Waals surface area contributed by atoms with Crippen LogP contribution in [0.1, 0.15) is 12.8 Å². The van der Waals surface area contributed by atoms with Crippen LogP contribution < -0.4 is 22.5 Å². The van der Waals surface area contributed by atoms with Gasteiger partial charge in [-0.3, -0.25) is 0 Å². The summed E-state index contributed by atoms with van der Waals surface area (Å²) >= 11 is 0. The number of nitrogens with one attached hydrogen (secondary N) is 1. The van der Waals surface area contributed by atoms with Gasteiger partial charge in [0.15, 0.2) is 6.29 Å². The average Bonchev–Trinajstić information content (AvgIpc) is 2.69. The van der Waals surface area contributed by atoms with Crippen molar-refractivity contribution < 1.29 is 24.8 Å². The molecule has 0 spiro atoms. The highest BCUT2D eigenvalue weighted by molar-refractivity contribution is 4.93. The summed E-state index contributed by atoms with van der Waals surface area (Å²) in [4.78, 5) is 0. The van der Waals surface area contributed by atoms with Crippen LogP contribution in [-0.4, -0.2) is 83.8 Å². The van der Waals surface area contributed by atoms with Crippen LogP contribution in [0.2, 0.25) is 0 Å². The van der Waals surface area contributed by atoms with E-state index >= 15 is 0 Å². The average molecular weight is 320 g/mol. The van der Waals surface area contributed by atoms with E-state index < -0.39 is 30.6 Å². The van der Waals surface area contributed by atoms with Crippen LogP contribution in [0.15, 0.2) is 0 Å². The van der Waals surface area contributed by atoms with Crippen molar-refractivity contribution in [1.29, 1.82) is 0 Å². The molecule has 8 atom stereocenters. The van der Waals surface area contributed by atoms with Crippen LogP contribution >= 0.6 is 0 Å². The molecule has 2 saturated heterocycles. The number of aliphatic hydroxyl groups is 3. The first-order chi connectivity index (χ1) is 10.5. The molecule has 0 saturated carbocycles. The van der Waals surface area contributed by atoms with E-state index in [1.807, 2.05) is 0 Å². The van der Waals surface area contributed by atoms with Gasteiger partial charge in [-0.25, -0.2) is 0 Å². The molecule has 0 radical (unpaired) electrons. The molecule has 0 aromatic carbocycles. The summed E-state index contributed by atoms with van der Waals surface area (Å²) in [7, 11) is 0. The Morgan fingerprint density at radius 2 is 1.95 bits per heavy atom. The molecule has 9 nitrogen and oxygen atoms in total. The molecule has 2 aliphatic rings. The number of ether oxygens (including phenoxy) is 2. The summed E-state index contributed by atoms with van der Waals surface area (Å²) in [5.74, 6) is 0. The van der Waals surface area contributed by atoms with E-state index in [9.17, 15) is 15.3 Å². The largest absolute Gasteiger partial charge is 0.395 e. The van der Waals surface area contributed by atoms with E-state index in [4.69, 9.17) is 26.7 Å². The first-order valence-electron chi connectivity index (χ1n) is 7.70. The molecule has 0 aromatic rings. The van der Waals surface area contributed by atoms with Gasteiger partial charge in [0.25, 0.3) is 0 Å². The fourth-order valence-corrected chi connectivity index (χ4v) is 2.92. The van der Waals surface area contributed by atoms with Crippen molar-refractivity contribution >= 4 is 0 Å². The van der Waals surface area contributed by atoms with Gasteiger partial charge < -0.3 is 47.3 Å². The minimum Gasteiger partial charge on any atom is -0.395 e. The topological polar surface area (TPSA) is 169 Å². The quantitative estimate of drug-likeness (QED) is 0.274. The lowest BCUT2D eigenvalue weighted by molar-refractivity contribution is -0.272. The van der Waals surface area contributed by atoms with E-state index in [0.717, 1.165) is 0 Å². The standard InChI is InChI=1S/C13H28N4O5/c14-4-9-11(19)12(20)10(16)13(22-9)21-8-3-6(5-18)17-2-1-7(8)15/h6-13,17-20H,1-5,14-16H2/t6-,7-,8+,9-,10-,11-,12-,13+/m1/s1. The second kappa shape index (κ2) is 7.95. The van der Waals surface area contributed by atoms with Crippen molar-refractivity contribution in [2.75, 3.05) is 19.7 Å². The van der Waals surface area contributed by atoms with E-state index in [-0.39, 0.29) is 31.3 Å². The fraction of sp³-hybridized carbons (Fsp3) is 1.00. The Hall–Kier alpha value is -0.360. The summed E-state index contributed by atoms with van der Waals surface area (Å²) in [6.07, 6.45) is -3.14. The Morgan fingerprint density at radius 1 is 1.23 bits per heavy atom. The SMILES string of the molecule is NC[C@H]1O[C@H](O[C@H]2C[C@H](CO)NCC[C@H]2N)[C@H](N)[C@@H](O)[C@@H]1O. The molecule has 22 heavy (non-hydrogen) atoms. The first kappa shape index (κ1) is 18.0. The zero-order chi connectivity index (χ0) is 16.3. The number of rotatable bonds is 4. The summed E-state index contributed by atoms with van der Waals surface area (Å²) in [5.41, 5.74) is 17.5. The van der Waals surface area contributed by atoms with Crippen LogP contribution in [-0.2, 0) is 9.47 Å². The highest BCUT2D eigenvalue weighted by Crippen LogP contribution is 2.24. The predicted octanol–water partition coefficient (Wildman–Crippen LogP) is -3.82. The molecular formula is C13H28N4O5. The molecule has 2 rings (SSSR count). The van der Waals surface area contributed by atoms with Crippen molar-refractivity contribution in [2.24, 2.45) is 17.2 Å². The van der Waals surface area contributed by atoms with Crippen molar-refractivity contribution in [3.8, 4) is 0 Å². The third kappa shape index (κ3) is 3.94. The molecule has 9 heteroatoms. The molecule has 2 aliphatic heterocycles. The Morgan fingerprint density at radius 3 is 2.59 bits per heavy atom. The molecule has 0 bridgehead atoms. The van der Waals surface area contributed by atoms with Crippen molar-refractivity contribution in [1.82, 2.24) is 5.32 Å². The van der Waals surface area contributed by atoms with Crippen molar-refractivity contribution in [3.05, 3.63) is 0 Å². The van der Waals surface area contributed by atoms with Gasteiger partial charge in [-0.15, -0.1) is 0 Å². The van der Waals surface area contributed by atoms with Crippen LogP contribution in [0.5, 0.6) is 0 Å². The van der Waals surface area contributed by atoms with E-state index in [2.05, 4.69) is 5.32 Å². The molecule has 2 heterocycles. The maximum Gasteiger partial charge on any atom is 0.176 e. The third-order valence-electron chi connectivity index (χ3n) is 4.42. The molecule has 2 fully saturated rings. The van der Waals surface area contributed by atoms with Gasteiger partial charge in [0.05, 0.1) is 18.8 Å². The molecule has 10 N–H and O–H groups in total. The monoisotopic (exact) mass is 320 g/mol.